The Balaban J connectivity index is 1.41. The van der Waals surface area contributed by atoms with Crippen molar-refractivity contribution in [1.82, 2.24) is 24.5 Å². The fourth-order valence-corrected chi connectivity index (χ4v) is 6.63. The molecule has 1 aliphatic rings. The maximum Gasteiger partial charge on any atom is 0.158 e. The largest absolute Gasteiger partial charge is 0.367 e. The van der Waals surface area contributed by atoms with Crippen LogP contribution in [0.3, 0.4) is 0 Å². The summed E-state index contributed by atoms with van der Waals surface area (Å²) in [7, 11) is 2.11. The molecule has 5 heterocycles. The molecular formula is C28H31FN6S. The van der Waals surface area contributed by atoms with Crippen LogP contribution in [-0.2, 0) is 0 Å². The van der Waals surface area contributed by atoms with Gasteiger partial charge in [-0.3, -0.25) is 0 Å². The average molecular weight is 503 g/mol. The van der Waals surface area contributed by atoms with Gasteiger partial charge in [-0.05, 0) is 67.3 Å². The molecular weight excluding hydrogens is 471 g/mol. The summed E-state index contributed by atoms with van der Waals surface area (Å²) < 4.78 is 18.3. The van der Waals surface area contributed by atoms with Gasteiger partial charge in [0.2, 0.25) is 0 Å². The molecule has 8 heteroatoms. The van der Waals surface area contributed by atoms with E-state index >= 15 is 4.39 Å². The van der Waals surface area contributed by atoms with Crippen molar-refractivity contribution in [2.75, 3.05) is 38.1 Å². The first-order valence-corrected chi connectivity index (χ1v) is 13.3. The summed E-state index contributed by atoms with van der Waals surface area (Å²) in [5, 5.41) is 4.38. The molecule has 0 amide bonds. The predicted molar refractivity (Wildman–Crippen MR) is 147 cm³/mol. The number of pyridine rings is 1. The van der Waals surface area contributed by atoms with Gasteiger partial charge in [-0.15, -0.1) is 11.3 Å². The number of thiophene rings is 1. The number of benzene rings is 1. The first-order chi connectivity index (χ1) is 17.3. The third-order valence-corrected chi connectivity index (χ3v) is 8.77. The topological polar surface area (TPSA) is 52.5 Å². The summed E-state index contributed by atoms with van der Waals surface area (Å²) >= 11 is 1.73. The van der Waals surface area contributed by atoms with Gasteiger partial charge in [-0.2, -0.15) is 5.10 Å². The molecule has 186 valence electrons. The van der Waals surface area contributed by atoms with Crippen molar-refractivity contribution >= 4 is 32.9 Å². The number of piperazine rings is 1. The van der Waals surface area contributed by atoms with E-state index in [1.807, 2.05) is 10.6 Å². The summed E-state index contributed by atoms with van der Waals surface area (Å²) in [6, 6.07) is 7.86. The van der Waals surface area contributed by atoms with Crippen molar-refractivity contribution in [2.24, 2.45) is 0 Å². The number of aromatic nitrogens is 4. The molecule has 0 spiro atoms. The molecule has 0 unspecified atom stereocenters. The molecule has 1 fully saturated rings. The summed E-state index contributed by atoms with van der Waals surface area (Å²) in [4.78, 5) is 13.6. The van der Waals surface area contributed by atoms with Gasteiger partial charge in [0.1, 0.15) is 12.1 Å². The van der Waals surface area contributed by atoms with Crippen molar-refractivity contribution in [3.63, 3.8) is 0 Å². The third-order valence-electron chi connectivity index (χ3n) is 7.55. The highest BCUT2D eigenvalue weighted by Crippen LogP contribution is 2.44. The second-order valence-electron chi connectivity index (χ2n) is 10.2. The average Bonchev–Trinajstić information content (AvgIpc) is 3.56. The second-order valence-corrected chi connectivity index (χ2v) is 11.3. The lowest BCUT2D eigenvalue weighted by Crippen LogP contribution is -2.44. The first kappa shape index (κ1) is 23.2. The fraction of sp³-hybridized carbons (Fsp3) is 0.357. The van der Waals surface area contributed by atoms with Gasteiger partial charge < -0.3 is 14.8 Å². The van der Waals surface area contributed by atoms with Gasteiger partial charge in [0.25, 0.3) is 0 Å². The molecule has 1 N–H and O–H groups in total. The number of aromatic amines is 1. The van der Waals surface area contributed by atoms with Gasteiger partial charge in [0.05, 0.1) is 21.6 Å². The van der Waals surface area contributed by atoms with Crippen LogP contribution in [-0.4, -0.2) is 57.7 Å². The molecule has 36 heavy (non-hydrogen) atoms. The van der Waals surface area contributed by atoms with Crippen LogP contribution in [0.15, 0.2) is 36.8 Å². The molecule has 1 saturated heterocycles. The van der Waals surface area contributed by atoms with Crippen LogP contribution in [0.25, 0.3) is 37.6 Å². The standard InChI is InChI=1S/C28H31FN6S/c1-16(2)25-26(20-14-35-28(30-15-31-35)18(4)17(20)3)32-22-13-24(36-27(22)25)19-6-7-23(21(29)12-19)34-10-8-33(5)9-11-34/h6-7,12-16,32H,8-11H2,1-5H3. The summed E-state index contributed by atoms with van der Waals surface area (Å²) in [5.74, 6) is 0.175. The number of hydrogen-bond donors (Lipinski definition) is 1. The Morgan fingerprint density at radius 2 is 1.83 bits per heavy atom. The van der Waals surface area contributed by atoms with E-state index in [0.29, 0.717) is 11.6 Å². The fourth-order valence-electron chi connectivity index (χ4n) is 5.32. The van der Waals surface area contributed by atoms with Gasteiger partial charge in [0.15, 0.2) is 5.65 Å². The van der Waals surface area contributed by atoms with Crippen molar-refractivity contribution in [1.29, 1.82) is 0 Å². The minimum atomic E-state index is -0.147. The van der Waals surface area contributed by atoms with E-state index in [0.717, 1.165) is 64.6 Å². The highest BCUT2D eigenvalue weighted by molar-refractivity contribution is 7.22. The lowest BCUT2D eigenvalue weighted by molar-refractivity contribution is 0.311. The maximum absolute atomic E-state index is 15.2. The molecule has 0 radical (unpaired) electrons. The number of hydrogen-bond acceptors (Lipinski definition) is 5. The van der Waals surface area contributed by atoms with Gasteiger partial charge in [-0.25, -0.2) is 13.9 Å². The van der Waals surface area contributed by atoms with Crippen LogP contribution in [0.2, 0.25) is 0 Å². The van der Waals surface area contributed by atoms with E-state index in [1.54, 1.807) is 23.7 Å². The van der Waals surface area contributed by atoms with Crippen LogP contribution in [0, 0.1) is 19.7 Å². The highest BCUT2D eigenvalue weighted by Gasteiger charge is 2.23. The maximum atomic E-state index is 15.2. The van der Waals surface area contributed by atoms with E-state index < -0.39 is 0 Å². The number of nitrogens with zero attached hydrogens (tertiary/aromatic N) is 5. The quantitative estimate of drug-likeness (QED) is 0.316. The van der Waals surface area contributed by atoms with Crippen molar-refractivity contribution in [2.45, 2.75) is 33.6 Å². The van der Waals surface area contributed by atoms with Crippen LogP contribution in [0.4, 0.5) is 10.1 Å². The van der Waals surface area contributed by atoms with E-state index in [1.165, 1.54) is 15.8 Å². The molecule has 1 aliphatic heterocycles. The van der Waals surface area contributed by atoms with E-state index in [2.05, 4.69) is 77.9 Å². The minimum absolute atomic E-state index is 0.147. The number of fused-ring (bicyclic) bond motifs is 2. The number of nitrogens with one attached hydrogen (secondary N) is 1. The zero-order valence-electron chi connectivity index (χ0n) is 21.4. The monoisotopic (exact) mass is 502 g/mol. The van der Waals surface area contributed by atoms with E-state index in [9.17, 15) is 0 Å². The van der Waals surface area contributed by atoms with Crippen LogP contribution >= 0.6 is 11.3 Å². The second kappa shape index (κ2) is 8.71. The number of aryl methyl sites for hydroxylation is 1. The molecule has 1 aromatic carbocycles. The third kappa shape index (κ3) is 3.71. The van der Waals surface area contributed by atoms with Crippen LogP contribution in [0.5, 0.6) is 0 Å². The Bertz CT molecular complexity index is 1580. The number of likely N-dealkylation sites (N-methyl/N-ethyl adjacent to an activating group) is 1. The summed E-state index contributed by atoms with van der Waals surface area (Å²) in [5.41, 5.74) is 9.50. The summed E-state index contributed by atoms with van der Waals surface area (Å²) in [6.07, 6.45) is 3.67. The molecule has 0 bridgehead atoms. The normalized spacial score (nSPS) is 15.1. The molecule has 0 atom stereocenters. The Morgan fingerprint density at radius 1 is 1.06 bits per heavy atom. The number of anilines is 1. The van der Waals surface area contributed by atoms with Gasteiger partial charge in [0, 0.05) is 42.8 Å². The molecule has 0 aliphatic carbocycles. The van der Waals surface area contributed by atoms with Gasteiger partial charge in [-0.1, -0.05) is 19.9 Å². The number of H-pyrrole nitrogens is 1. The molecule has 0 saturated carbocycles. The van der Waals surface area contributed by atoms with Crippen molar-refractivity contribution in [3.05, 3.63) is 59.3 Å². The van der Waals surface area contributed by atoms with Gasteiger partial charge >= 0.3 is 0 Å². The van der Waals surface area contributed by atoms with Crippen molar-refractivity contribution in [3.8, 4) is 21.7 Å². The zero-order chi connectivity index (χ0) is 25.1. The molecule has 6 nitrogen and oxygen atoms in total. The lowest BCUT2D eigenvalue weighted by atomic mass is 9.96. The van der Waals surface area contributed by atoms with Crippen LogP contribution < -0.4 is 4.90 Å². The molecule has 6 rings (SSSR count). The molecule has 4 aromatic heterocycles. The number of halogens is 1. The van der Waals surface area contributed by atoms with E-state index in [-0.39, 0.29) is 5.82 Å². The Hall–Kier alpha value is -3.23. The number of rotatable bonds is 4. The minimum Gasteiger partial charge on any atom is -0.367 e. The van der Waals surface area contributed by atoms with Crippen molar-refractivity contribution < 1.29 is 4.39 Å². The zero-order valence-corrected chi connectivity index (χ0v) is 22.2. The Morgan fingerprint density at radius 3 is 2.56 bits per heavy atom. The Kier molecular flexibility index (Phi) is 5.61. The smallest absolute Gasteiger partial charge is 0.158 e. The lowest BCUT2D eigenvalue weighted by Gasteiger charge is -2.34. The highest BCUT2D eigenvalue weighted by atomic mass is 32.1. The Labute approximate surface area is 214 Å². The van der Waals surface area contributed by atoms with Crippen LogP contribution in [0.1, 0.15) is 36.5 Å². The summed E-state index contributed by atoms with van der Waals surface area (Å²) in [6.45, 7) is 12.3. The predicted octanol–water partition coefficient (Wildman–Crippen LogP) is 6.24. The SMILES string of the molecule is Cc1c(-c2[nH]c3cc(-c4ccc(N5CCN(C)CC5)c(F)c4)sc3c2C(C)C)cn2ncnc2c1C. The first-order valence-electron chi connectivity index (χ1n) is 12.5. The van der Waals surface area contributed by atoms with E-state index in [4.69, 9.17) is 0 Å². The molecule has 5 aromatic rings.